The van der Waals surface area contributed by atoms with Crippen LogP contribution in [0.1, 0.15) is 40.5 Å². The summed E-state index contributed by atoms with van der Waals surface area (Å²) in [6.45, 7) is 7.58. The van der Waals surface area contributed by atoms with Gasteiger partial charge >= 0.3 is 0 Å². The van der Waals surface area contributed by atoms with Crippen molar-refractivity contribution in [3.63, 3.8) is 0 Å². The summed E-state index contributed by atoms with van der Waals surface area (Å²) in [4.78, 5) is 0. The van der Waals surface area contributed by atoms with Crippen molar-refractivity contribution in [2.45, 2.75) is 52.7 Å². The quantitative estimate of drug-likeness (QED) is 0.655. The van der Waals surface area contributed by atoms with E-state index < -0.39 is 12.2 Å². The minimum Gasteiger partial charge on any atom is -0.393 e. The molecule has 3 atom stereocenters. The Morgan fingerprint density at radius 1 is 1.27 bits per heavy atom. The van der Waals surface area contributed by atoms with E-state index in [0.29, 0.717) is 6.42 Å². The molecule has 68 valence electrons. The van der Waals surface area contributed by atoms with E-state index in [-0.39, 0.29) is 5.41 Å². The monoisotopic (exact) mass is 160 g/mol. The van der Waals surface area contributed by atoms with Gasteiger partial charge in [0.25, 0.3) is 0 Å². The number of aliphatic hydroxyl groups excluding tert-OH is 2. The van der Waals surface area contributed by atoms with E-state index >= 15 is 0 Å². The van der Waals surface area contributed by atoms with Crippen molar-refractivity contribution in [1.82, 2.24) is 0 Å². The van der Waals surface area contributed by atoms with E-state index in [4.69, 9.17) is 0 Å². The zero-order chi connectivity index (χ0) is 9.07. The molecular weight excluding hydrogens is 140 g/mol. The highest BCUT2D eigenvalue weighted by molar-refractivity contribution is 4.84. The van der Waals surface area contributed by atoms with E-state index in [1.807, 2.05) is 20.8 Å². The summed E-state index contributed by atoms with van der Waals surface area (Å²) in [5, 5.41) is 19.0. The topological polar surface area (TPSA) is 40.5 Å². The van der Waals surface area contributed by atoms with Crippen LogP contribution in [0.4, 0.5) is 0 Å². The maximum atomic E-state index is 9.59. The van der Waals surface area contributed by atoms with E-state index in [2.05, 4.69) is 0 Å². The van der Waals surface area contributed by atoms with Crippen molar-refractivity contribution in [2.24, 2.45) is 5.41 Å². The highest BCUT2D eigenvalue weighted by Gasteiger charge is 2.34. The van der Waals surface area contributed by atoms with E-state index in [1.165, 1.54) is 0 Å². The first-order valence-electron chi connectivity index (χ1n) is 4.35. The largest absolute Gasteiger partial charge is 0.393 e. The van der Waals surface area contributed by atoms with E-state index in [0.717, 1.165) is 6.42 Å². The molecule has 0 aliphatic carbocycles. The van der Waals surface area contributed by atoms with Gasteiger partial charge in [-0.25, -0.2) is 0 Å². The van der Waals surface area contributed by atoms with Crippen molar-refractivity contribution < 1.29 is 10.2 Å². The molecule has 0 bridgehead atoms. The first-order chi connectivity index (χ1) is 4.99. The van der Waals surface area contributed by atoms with Gasteiger partial charge in [0.15, 0.2) is 0 Å². The highest BCUT2D eigenvalue weighted by atomic mass is 16.3. The number of aliphatic hydroxyl groups is 2. The minimum atomic E-state index is -0.442. The second-order valence-electron chi connectivity index (χ2n) is 3.46. The predicted molar refractivity (Wildman–Crippen MR) is 46.4 cm³/mol. The first-order valence-corrected chi connectivity index (χ1v) is 4.35. The molecule has 0 saturated carbocycles. The second-order valence-corrected chi connectivity index (χ2v) is 3.46. The molecule has 11 heavy (non-hydrogen) atoms. The lowest BCUT2D eigenvalue weighted by molar-refractivity contribution is -0.0543. The molecule has 2 heteroatoms. The average molecular weight is 160 g/mol. The maximum absolute atomic E-state index is 9.59. The van der Waals surface area contributed by atoms with Crippen molar-refractivity contribution in [2.75, 3.05) is 0 Å². The lowest BCUT2D eigenvalue weighted by Gasteiger charge is -2.35. The minimum absolute atomic E-state index is 0.339. The molecule has 2 N–H and O–H groups in total. The Hall–Kier alpha value is -0.0800. The van der Waals surface area contributed by atoms with Crippen LogP contribution in [0.25, 0.3) is 0 Å². The molecule has 0 rings (SSSR count). The van der Waals surface area contributed by atoms with Crippen molar-refractivity contribution in [1.29, 1.82) is 0 Å². The van der Waals surface area contributed by atoms with E-state index in [9.17, 15) is 10.2 Å². The molecule has 2 nitrogen and oxygen atoms in total. The van der Waals surface area contributed by atoms with Crippen LogP contribution in [0.5, 0.6) is 0 Å². The number of hydrogen-bond donors (Lipinski definition) is 2. The normalized spacial score (nSPS) is 22.4. The highest BCUT2D eigenvalue weighted by Crippen LogP contribution is 2.31. The van der Waals surface area contributed by atoms with Gasteiger partial charge in [0, 0.05) is 5.41 Å². The predicted octanol–water partition coefficient (Wildman–Crippen LogP) is 1.55. The van der Waals surface area contributed by atoms with Crippen molar-refractivity contribution >= 4 is 0 Å². The molecule has 0 spiro atoms. The summed E-state index contributed by atoms with van der Waals surface area (Å²) < 4.78 is 0. The van der Waals surface area contributed by atoms with Crippen LogP contribution in [0.3, 0.4) is 0 Å². The summed E-state index contributed by atoms with van der Waals surface area (Å²) in [6, 6.07) is 0. The maximum Gasteiger partial charge on any atom is 0.0615 e. The molecular formula is C9H20O2. The molecule has 0 aliphatic rings. The summed E-state index contributed by atoms with van der Waals surface area (Å²) in [5.41, 5.74) is -0.339. The Balaban J connectivity index is 4.32. The fourth-order valence-electron chi connectivity index (χ4n) is 1.28. The Kier molecular flexibility index (Phi) is 4.04. The van der Waals surface area contributed by atoms with Crippen LogP contribution < -0.4 is 0 Å². The summed E-state index contributed by atoms with van der Waals surface area (Å²) in [5.74, 6) is 0. The molecule has 0 aromatic heterocycles. The zero-order valence-electron chi connectivity index (χ0n) is 7.96. The summed E-state index contributed by atoms with van der Waals surface area (Å²) in [6.07, 6.45) is 0.671. The van der Waals surface area contributed by atoms with Gasteiger partial charge in [-0.1, -0.05) is 20.8 Å². The third-order valence-electron chi connectivity index (χ3n) is 2.86. The third-order valence-corrected chi connectivity index (χ3v) is 2.86. The molecule has 0 heterocycles. The van der Waals surface area contributed by atoms with Gasteiger partial charge in [-0.2, -0.15) is 0 Å². The molecule has 0 aromatic rings. The zero-order valence-corrected chi connectivity index (χ0v) is 7.96. The fraction of sp³-hybridized carbons (Fsp3) is 1.00. The average Bonchev–Trinajstić information content (AvgIpc) is 2.01. The van der Waals surface area contributed by atoms with Gasteiger partial charge in [0.1, 0.15) is 0 Å². The Morgan fingerprint density at radius 3 is 1.82 bits per heavy atom. The number of hydrogen-bond acceptors (Lipinski definition) is 2. The van der Waals surface area contributed by atoms with Gasteiger partial charge in [0.2, 0.25) is 0 Å². The molecule has 0 saturated heterocycles. The van der Waals surface area contributed by atoms with Crippen molar-refractivity contribution in [3.05, 3.63) is 0 Å². The number of rotatable bonds is 4. The molecule has 0 radical (unpaired) electrons. The van der Waals surface area contributed by atoms with Crippen molar-refractivity contribution in [3.8, 4) is 0 Å². The molecule has 0 fully saturated rings. The lowest BCUT2D eigenvalue weighted by Crippen LogP contribution is -2.40. The van der Waals surface area contributed by atoms with Gasteiger partial charge in [0.05, 0.1) is 12.2 Å². The summed E-state index contributed by atoms with van der Waals surface area (Å²) >= 11 is 0. The second kappa shape index (κ2) is 4.07. The van der Waals surface area contributed by atoms with E-state index in [1.54, 1.807) is 6.92 Å². The third kappa shape index (κ3) is 2.17. The lowest BCUT2D eigenvalue weighted by atomic mass is 9.76. The first kappa shape index (κ1) is 10.9. The smallest absolute Gasteiger partial charge is 0.0615 e. The van der Waals surface area contributed by atoms with Crippen LogP contribution in [0, 0.1) is 5.41 Å². The standard InChI is InChI=1S/C9H20O2/c1-5-8(11)9(4,6-2)7(3)10/h7-8,10-11H,5-6H2,1-4H3. The SMILES string of the molecule is CCC(O)C(C)(CC)C(C)O. The Morgan fingerprint density at radius 2 is 1.73 bits per heavy atom. The van der Waals surface area contributed by atoms with Gasteiger partial charge in [-0.3, -0.25) is 0 Å². The van der Waals surface area contributed by atoms with Crippen LogP contribution >= 0.6 is 0 Å². The molecule has 0 aromatic carbocycles. The van der Waals surface area contributed by atoms with Crippen LogP contribution in [-0.4, -0.2) is 22.4 Å². The van der Waals surface area contributed by atoms with Gasteiger partial charge in [-0.15, -0.1) is 0 Å². The fourth-order valence-corrected chi connectivity index (χ4v) is 1.28. The molecule has 0 aliphatic heterocycles. The van der Waals surface area contributed by atoms with Gasteiger partial charge < -0.3 is 10.2 Å². The Bertz CT molecular complexity index is 112. The van der Waals surface area contributed by atoms with Crippen LogP contribution in [0.15, 0.2) is 0 Å². The Labute approximate surface area is 69.2 Å². The summed E-state index contributed by atoms with van der Waals surface area (Å²) in [7, 11) is 0. The molecule has 0 amide bonds. The van der Waals surface area contributed by atoms with Crippen LogP contribution in [-0.2, 0) is 0 Å². The van der Waals surface area contributed by atoms with Gasteiger partial charge in [-0.05, 0) is 19.8 Å². The molecule has 3 unspecified atom stereocenters. The van der Waals surface area contributed by atoms with Crippen LogP contribution in [0.2, 0.25) is 0 Å².